The summed E-state index contributed by atoms with van der Waals surface area (Å²) < 4.78 is 72.7. The van der Waals surface area contributed by atoms with Gasteiger partial charge < -0.3 is 10.2 Å². The first-order valence-corrected chi connectivity index (χ1v) is 17.9. The number of fused-ring (bicyclic) bond motifs is 8. The molecule has 0 saturated carbocycles. The van der Waals surface area contributed by atoms with Crippen LogP contribution in [0.4, 0.5) is 19.0 Å². The Hall–Kier alpha value is -3.50. The van der Waals surface area contributed by atoms with Gasteiger partial charge in [-0.1, -0.05) is 31.0 Å². The van der Waals surface area contributed by atoms with Crippen molar-refractivity contribution in [3.8, 4) is 6.07 Å². The maximum absolute atomic E-state index is 15.8. The van der Waals surface area contributed by atoms with E-state index < -0.39 is 50.6 Å². The molecule has 3 aromatic rings. The van der Waals surface area contributed by atoms with Crippen LogP contribution in [-0.4, -0.2) is 59.0 Å². The molecule has 9 nitrogen and oxygen atoms in total. The van der Waals surface area contributed by atoms with Crippen LogP contribution < -0.4 is 10.9 Å². The molecule has 0 aliphatic carbocycles. The molecule has 4 aliphatic rings. The fourth-order valence-corrected chi connectivity index (χ4v) is 8.67. The fraction of sp³-hybridized carbons (Fsp3) is 0.576. The largest absolute Gasteiger partial charge is 0.363 e. The van der Waals surface area contributed by atoms with Crippen molar-refractivity contribution in [2.75, 3.05) is 36.5 Å². The highest BCUT2D eigenvalue weighted by Gasteiger charge is 2.42. The lowest BCUT2D eigenvalue weighted by Gasteiger charge is -2.40. The van der Waals surface area contributed by atoms with Crippen molar-refractivity contribution in [2.24, 2.45) is 5.92 Å². The molecular formula is C33H39F3N6O3S. The Balaban J connectivity index is 1.44. The van der Waals surface area contributed by atoms with Gasteiger partial charge in [0.25, 0.3) is 11.5 Å². The van der Waals surface area contributed by atoms with E-state index >= 15 is 13.2 Å². The second kappa shape index (κ2) is 12.6. The Labute approximate surface area is 266 Å². The zero-order chi connectivity index (χ0) is 32.7. The Bertz CT molecular complexity index is 1820. The molecule has 2 fully saturated rings. The normalized spacial score (nSPS) is 26.2. The van der Waals surface area contributed by atoms with Gasteiger partial charge in [0.1, 0.15) is 33.4 Å². The topological polar surface area (TPSA) is 121 Å². The molecule has 0 unspecified atom stereocenters. The summed E-state index contributed by atoms with van der Waals surface area (Å²) >= 11 is 0. The lowest BCUT2D eigenvalue weighted by atomic mass is 9.77. The predicted molar refractivity (Wildman–Crippen MR) is 169 cm³/mol. The number of nitrogens with zero attached hydrogens (tertiary/aromatic N) is 5. The monoisotopic (exact) mass is 656 g/mol. The fourth-order valence-electron chi connectivity index (χ4n) is 7.15. The number of pyridine rings is 1. The van der Waals surface area contributed by atoms with E-state index in [0.29, 0.717) is 30.4 Å². The molecule has 0 radical (unpaired) electrons. The van der Waals surface area contributed by atoms with Gasteiger partial charge in [-0.25, -0.2) is 31.6 Å². The third-order valence-corrected chi connectivity index (χ3v) is 11.7. The molecule has 6 heterocycles. The molecule has 4 aliphatic heterocycles. The van der Waals surface area contributed by atoms with E-state index in [1.165, 1.54) is 23.0 Å². The highest BCUT2D eigenvalue weighted by Crippen LogP contribution is 2.40. The second-order valence-electron chi connectivity index (χ2n) is 13.2. The first-order chi connectivity index (χ1) is 21.9. The van der Waals surface area contributed by atoms with E-state index in [4.69, 9.17) is 0 Å². The van der Waals surface area contributed by atoms with Crippen LogP contribution in [0.2, 0.25) is 0 Å². The highest BCUT2D eigenvalue weighted by atomic mass is 32.2. The first-order valence-electron chi connectivity index (χ1n) is 16.1. The molecular weight excluding hydrogens is 617 g/mol. The molecule has 246 valence electrons. The lowest BCUT2D eigenvalue weighted by molar-refractivity contribution is -0.0320. The third-order valence-electron chi connectivity index (χ3n) is 10.0. The van der Waals surface area contributed by atoms with E-state index in [9.17, 15) is 18.5 Å². The maximum Gasteiger partial charge on any atom is 0.276 e. The third kappa shape index (κ3) is 6.26. The Morgan fingerprint density at radius 3 is 2.46 bits per heavy atom. The molecule has 1 N–H and O–H groups in total. The van der Waals surface area contributed by atoms with Crippen LogP contribution in [-0.2, 0) is 27.7 Å². The standard InChI is InChI=1S/C33H39F3N6O3S/c1-22-24-7-6-8-26(28(24)34)33(35,36)10-9-23-18-41(19-23)13-4-2-3-5-14-42-30-25(29(40-22)38-21-39-30)17-27(31(42)43)32(20-37)11-15-46(44,45)16-12-32/h6-8,17,21-23H,2-5,9-16,18-19H2,1H3,(H,38,39,40)/t22-/m1/s1. The number of nitrogens with one attached hydrogen (secondary N) is 1. The SMILES string of the molecule is C[C@H]1Nc2ncnc3c2cc(C2(C#N)CCS(=O)(=O)CC2)c(=O)n3CCCCCCN2CC(CCC(F)(F)c3cccc1c3F)C2. The van der Waals surface area contributed by atoms with Crippen molar-refractivity contribution in [1.29, 1.82) is 5.26 Å². The summed E-state index contributed by atoms with van der Waals surface area (Å²) in [4.78, 5) is 25.2. The number of anilines is 1. The molecule has 7 rings (SSSR count). The van der Waals surface area contributed by atoms with Gasteiger partial charge >= 0.3 is 0 Å². The number of benzene rings is 1. The summed E-state index contributed by atoms with van der Waals surface area (Å²) in [5.74, 6) is -4.30. The van der Waals surface area contributed by atoms with Crippen molar-refractivity contribution in [1.82, 2.24) is 19.4 Å². The number of alkyl halides is 2. The number of hydrogen-bond donors (Lipinski definition) is 1. The zero-order valence-electron chi connectivity index (χ0n) is 25.9. The number of halogens is 3. The molecule has 0 spiro atoms. The van der Waals surface area contributed by atoms with E-state index in [0.717, 1.165) is 45.0 Å². The Kier molecular flexibility index (Phi) is 8.89. The smallest absolute Gasteiger partial charge is 0.276 e. The zero-order valence-corrected chi connectivity index (χ0v) is 26.8. The summed E-state index contributed by atoms with van der Waals surface area (Å²) in [6.07, 6.45) is 4.57. The highest BCUT2D eigenvalue weighted by molar-refractivity contribution is 7.91. The summed E-state index contributed by atoms with van der Waals surface area (Å²) in [5, 5.41) is 13.9. The first kappa shape index (κ1) is 32.4. The molecule has 2 aromatic heterocycles. The number of sulfone groups is 1. The summed E-state index contributed by atoms with van der Waals surface area (Å²) in [6.45, 7) is 4.38. The van der Waals surface area contributed by atoms with Gasteiger partial charge in [-0.15, -0.1) is 0 Å². The number of nitriles is 1. The lowest BCUT2D eigenvalue weighted by Crippen LogP contribution is -2.47. The number of hydrogen-bond acceptors (Lipinski definition) is 8. The minimum atomic E-state index is -3.33. The van der Waals surface area contributed by atoms with E-state index in [2.05, 4.69) is 26.3 Å². The van der Waals surface area contributed by atoms with Crippen molar-refractivity contribution in [3.05, 3.63) is 63.5 Å². The molecule has 1 atom stereocenters. The molecule has 2 saturated heterocycles. The minimum absolute atomic E-state index is 0.0109. The van der Waals surface area contributed by atoms with Gasteiger partial charge in [-0.3, -0.25) is 9.36 Å². The average Bonchev–Trinajstić information content (AvgIpc) is 3.00. The number of aryl methyl sites for hydroxylation is 1. The Morgan fingerprint density at radius 1 is 1.02 bits per heavy atom. The van der Waals surface area contributed by atoms with Gasteiger partial charge in [0.2, 0.25) is 0 Å². The van der Waals surface area contributed by atoms with E-state index in [1.54, 1.807) is 13.0 Å². The van der Waals surface area contributed by atoms with Gasteiger partial charge in [0, 0.05) is 37.2 Å². The molecule has 13 heteroatoms. The van der Waals surface area contributed by atoms with Gasteiger partial charge in [0.05, 0.1) is 40.0 Å². The van der Waals surface area contributed by atoms with Crippen molar-refractivity contribution in [2.45, 2.75) is 82.2 Å². The van der Waals surface area contributed by atoms with Crippen LogP contribution in [0.15, 0.2) is 35.4 Å². The predicted octanol–water partition coefficient (Wildman–Crippen LogP) is 5.45. The van der Waals surface area contributed by atoms with Crippen LogP contribution in [0.5, 0.6) is 0 Å². The summed E-state index contributed by atoms with van der Waals surface area (Å²) in [6, 6.07) is 7.07. The summed E-state index contributed by atoms with van der Waals surface area (Å²) in [5.41, 5.74) is -1.78. The van der Waals surface area contributed by atoms with Gasteiger partial charge in [0.15, 0.2) is 0 Å². The average molecular weight is 657 g/mol. The van der Waals surface area contributed by atoms with Crippen LogP contribution in [0.3, 0.4) is 0 Å². The molecule has 46 heavy (non-hydrogen) atoms. The van der Waals surface area contributed by atoms with Crippen LogP contribution in [0, 0.1) is 23.1 Å². The second-order valence-corrected chi connectivity index (χ2v) is 15.5. The maximum atomic E-state index is 15.8. The number of rotatable bonds is 1. The van der Waals surface area contributed by atoms with Crippen molar-refractivity contribution < 1.29 is 21.6 Å². The van der Waals surface area contributed by atoms with Crippen LogP contribution in [0.25, 0.3) is 11.0 Å². The minimum Gasteiger partial charge on any atom is -0.363 e. The van der Waals surface area contributed by atoms with Gasteiger partial charge in [-0.05, 0) is 57.6 Å². The van der Waals surface area contributed by atoms with Crippen LogP contribution in [0.1, 0.15) is 81.0 Å². The van der Waals surface area contributed by atoms with Crippen LogP contribution >= 0.6 is 0 Å². The van der Waals surface area contributed by atoms with E-state index in [-0.39, 0.29) is 47.2 Å². The van der Waals surface area contributed by atoms with E-state index in [1.807, 2.05) is 0 Å². The molecule has 0 amide bonds. The molecule has 8 bridgehead atoms. The van der Waals surface area contributed by atoms with Crippen molar-refractivity contribution >= 4 is 26.7 Å². The number of aromatic nitrogens is 3. The molecule has 1 aromatic carbocycles. The van der Waals surface area contributed by atoms with Crippen molar-refractivity contribution in [3.63, 3.8) is 0 Å². The van der Waals surface area contributed by atoms with Gasteiger partial charge in [-0.2, -0.15) is 5.26 Å². The Morgan fingerprint density at radius 2 is 1.74 bits per heavy atom. The summed E-state index contributed by atoms with van der Waals surface area (Å²) in [7, 11) is -3.33. The quantitative estimate of drug-likeness (QED) is 0.367.